The first-order chi connectivity index (χ1) is 9.89. The van der Waals surface area contributed by atoms with Crippen LogP contribution in [-0.4, -0.2) is 27.1 Å². The molecule has 2 fully saturated rings. The minimum atomic E-state index is -0.679. The topological polar surface area (TPSA) is 75.1 Å². The molecule has 0 spiro atoms. The second kappa shape index (κ2) is 4.97. The molecule has 0 aromatic carbocycles. The van der Waals surface area contributed by atoms with Crippen molar-refractivity contribution in [3.63, 3.8) is 0 Å². The smallest absolute Gasteiger partial charge is 0.307 e. The van der Waals surface area contributed by atoms with Gasteiger partial charge in [0.05, 0.1) is 5.92 Å². The molecule has 5 nitrogen and oxygen atoms in total. The number of aliphatic carboxylic acids is 1. The molecule has 3 atom stereocenters. The standard InChI is InChI=1S/C16H23N3O2/c1-9(11-6-12(15(20)21)16(11,2)3)19-14-7-13(10-4-5-10)17-8-18-14/h7-12H,4-6H2,1-3H3,(H,20,21)(H,17,18,19)/t9?,11-,12+/m0/s1. The third-order valence-electron chi connectivity index (χ3n) is 5.30. The van der Waals surface area contributed by atoms with Crippen LogP contribution in [-0.2, 0) is 4.79 Å². The summed E-state index contributed by atoms with van der Waals surface area (Å²) in [6.45, 7) is 6.21. The van der Waals surface area contributed by atoms with Crippen molar-refractivity contribution in [1.82, 2.24) is 9.97 Å². The highest BCUT2D eigenvalue weighted by molar-refractivity contribution is 5.72. The lowest BCUT2D eigenvalue weighted by Gasteiger charge is -2.52. The van der Waals surface area contributed by atoms with Crippen molar-refractivity contribution in [3.05, 3.63) is 18.1 Å². The number of carboxylic acids is 1. The number of hydrogen-bond donors (Lipinski definition) is 2. The van der Waals surface area contributed by atoms with Gasteiger partial charge in [0.2, 0.25) is 0 Å². The number of hydrogen-bond acceptors (Lipinski definition) is 4. The third-order valence-corrected chi connectivity index (χ3v) is 5.30. The van der Waals surface area contributed by atoms with Crippen LogP contribution in [0.3, 0.4) is 0 Å². The van der Waals surface area contributed by atoms with Crippen LogP contribution in [0.4, 0.5) is 5.82 Å². The van der Waals surface area contributed by atoms with E-state index in [1.165, 1.54) is 12.8 Å². The Kier molecular flexibility index (Phi) is 3.38. The number of carbonyl (C=O) groups is 1. The number of rotatable bonds is 5. The summed E-state index contributed by atoms with van der Waals surface area (Å²) in [5.41, 5.74) is 0.945. The maximum Gasteiger partial charge on any atom is 0.307 e. The van der Waals surface area contributed by atoms with E-state index in [1.54, 1.807) is 6.33 Å². The molecule has 2 N–H and O–H groups in total. The highest BCUT2D eigenvalue weighted by Gasteiger charge is 2.53. The van der Waals surface area contributed by atoms with Crippen LogP contribution in [0.1, 0.15) is 51.6 Å². The minimum absolute atomic E-state index is 0.176. The zero-order valence-corrected chi connectivity index (χ0v) is 12.8. The normalized spacial score (nSPS) is 28.5. The second-order valence-electron chi connectivity index (χ2n) is 7.09. The molecule has 5 heteroatoms. The van der Waals surface area contributed by atoms with E-state index < -0.39 is 5.97 Å². The van der Waals surface area contributed by atoms with Crippen LogP contribution < -0.4 is 5.32 Å². The molecule has 1 aromatic rings. The Morgan fingerprint density at radius 2 is 2.14 bits per heavy atom. The van der Waals surface area contributed by atoms with E-state index in [2.05, 4.69) is 22.2 Å². The van der Waals surface area contributed by atoms with E-state index in [9.17, 15) is 9.90 Å². The molecule has 2 saturated carbocycles. The van der Waals surface area contributed by atoms with Gasteiger partial charge in [0, 0.05) is 23.7 Å². The molecule has 0 amide bonds. The maximum atomic E-state index is 11.2. The first-order valence-corrected chi connectivity index (χ1v) is 7.71. The molecule has 0 radical (unpaired) electrons. The van der Waals surface area contributed by atoms with Gasteiger partial charge in [-0.2, -0.15) is 0 Å². The SMILES string of the molecule is CC(Nc1cc(C2CC2)ncn1)[C@@H]1C[C@H](C(=O)O)C1(C)C. The van der Waals surface area contributed by atoms with E-state index in [0.29, 0.717) is 11.8 Å². The van der Waals surface area contributed by atoms with E-state index >= 15 is 0 Å². The van der Waals surface area contributed by atoms with Crippen molar-refractivity contribution in [1.29, 1.82) is 0 Å². The summed E-state index contributed by atoms with van der Waals surface area (Å²) < 4.78 is 0. The van der Waals surface area contributed by atoms with Crippen LogP contribution >= 0.6 is 0 Å². The van der Waals surface area contributed by atoms with Crippen LogP contribution in [0, 0.1) is 17.3 Å². The Labute approximate surface area is 125 Å². The predicted molar refractivity (Wildman–Crippen MR) is 80.1 cm³/mol. The van der Waals surface area contributed by atoms with Gasteiger partial charge in [-0.25, -0.2) is 9.97 Å². The van der Waals surface area contributed by atoms with E-state index in [0.717, 1.165) is 17.9 Å². The summed E-state index contributed by atoms with van der Waals surface area (Å²) in [4.78, 5) is 19.8. The van der Waals surface area contributed by atoms with Crippen molar-refractivity contribution < 1.29 is 9.90 Å². The Morgan fingerprint density at radius 3 is 2.71 bits per heavy atom. The lowest BCUT2D eigenvalue weighted by Crippen LogP contribution is -2.54. The van der Waals surface area contributed by atoms with E-state index in [1.807, 2.05) is 19.9 Å². The molecule has 21 heavy (non-hydrogen) atoms. The van der Waals surface area contributed by atoms with Crippen molar-refractivity contribution >= 4 is 11.8 Å². The summed E-state index contributed by atoms with van der Waals surface area (Å²) in [5, 5.41) is 12.7. The van der Waals surface area contributed by atoms with Gasteiger partial charge < -0.3 is 10.4 Å². The Hall–Kier alpha value is -1.65. The lowest BCUT2D eigenvalue weighted by atomic mass is 9.53. The fourth-order valence-electron chi connectivity index (χ4n) is 3.61. The molecule has 114 valence electrons. The van der Waals surface area contributed by atoms with Crippen LogP contribution in [0.2, 0.25) is 0 Å². The summed E-state index contributed by atoms with van der Waals surface area (Å²) in [6.07, 6.45) is 4.80. The fraction of sp³-hybridized carbons (Fsp3) is 0.688. The molecular formula is C16H23N3O2. The van der Waals surface area contributed by atoms with Gasteiger partial charge >= 0.3 is 5.97 Å². The zero-order chi connectivity index (χ0) is 15.2. The maximum absolute atomic E-state index is 11.2. The number of aromatic nitrogens is 2. The van der Waals surface area contributed by atoms with Gasteiger partial charge in [-0.05, 0) is 37.5 Å². The third kappa shape index (κ3) is 2.61. The monoisotopic (exact) mass is 289 g/mol. The summed E-state index contributed by atoms with van der Waals surface area (Å²) in [6, 6.07) is 2.24. The van der Waals surface area contributed by atoms with Gasteiger partial charge in [0.25, 0.3) is 0 Å². The van der Waals surface area contributed by atoms with Crippen molar-refractivity contribution in [2.24, 2.45) is 17.3 Å². The predicted octanol–water partition coefficient (Wildman–Crippen LogP) is 2.90. The molecule has 0 aliphatic heterocycles. The van der Waals surface area contributed by atoms with E-state index in [4.69, 9.17) is 0 Å². The average Bonchev–Trinajstić information content (AvgIpc) is 3.21. The second-order valence-corrected chi connectivity index (χ2v) is 7.09. The Morgan fingerprint density at radius 1 is 1.43 bits per heavy atom. The highest BCUT2D eigenvalue weighted by Crippen LogP contribution is 2.53. The average molecular weight is 289 g/mol. The van der Waals surface area contributed by atoms with Gasteiger partial charge in [-0.1, -0.05) is 13.8 Å². The number of anilines is 1. The van der Waals surface area contributed by atoms with Crippen molar-refractivity contribution in [2.45, 2.75) is 52.0 Å². The first kappa shape index (κ1) is 14.3. The van der Waals surface area contributed by atoms with Gasteiger partial charge in [-0.15, -0.1) is 0 Å². The summed E-state index contributed by atoms with van der Waals surface area (Å²) in [7, 11) is 0. The molecule has 1 aromatic heterocycles. The van der Waals surface area contributed by atoms with Crippen LogP contribution in [0.15, 0.2) is 12.4 Å². The van der Waals surface area contributed by atoms with Crippen LogP contribution in [0.5, 0.6) is 0 Å². The minimum Gasteiger partial charge on any atom is -0.481 e. The summed E-state index contributed by atoms with van der Waals surface area (Å²) >= 11 is 0. The highest BCUT2D eigenvalue weighted by atomic mass is 16.4. The first-order valence-electron chi connectivity index (χ1n) is 7.71. The van der Waals surface area contributed by atoms with Gasteiger partial charge in [0.1, 0.15) is 12.1 Å². The number of nitrogens with zero attached hydrogens (tertiary/aromatic N) is 2. The molecule has 1 heterocycles. The largest absolute Gasteiger partial charge is 0.481 e. The molecule has 0 saturated heterocycles. The van der Waals surface area contributed by atoms with E-state index in [-0.39, 0.29) is 17.4 Å². The molecular weight excluding hydrogens is 266 g/mol. The van der Waals surface area contributed by atoms with Crippen molar-refractivity contribution in [2.75, 3.05) is 5.32 Å². The number of nitrogens with one attached hydrogen (secondary N) is 1. The van der Waals surface area contributed by atoms with Gasteiger partial charge in [-0.3, -0.25) is 4.79 Å². The Bertz CT molecular complexity index is 554. The van der Waals surface area contributed by atoms with Crippen molar-refractivity contribution in [3.8, 4) is 0 Å². The molecule has 2 aliphatic carbocycles. The number of carboxylic acid groups (broad SMARTS) is 1. The Balaban J connectivity index is 1.65. The lowest BCUT2D eigenvalue weighted by molar-refractivity contribution is -0.159. The van der Waals surface area contributed by atoms with Gasteiger partial charge in [0.15, 0.2) is 0 Å². The zero-order valence-electron chi connectivity index (χ0n) is 12.8. The molecule has 0 bridgehead atoms. The van der Waals surface area contributed by atoms with Crippen LogP contribution in [0.25, 0.3) is 0 Å². The molecule has 3 rings (SSSR count). The quantitative estimate of drug-likeness (QED) is 0.871. The summed E-state index contributed by atoms with van der Waals surface area (Å²) in [5.74, 6) is 0.896. The molecule has 1 unspecified atom stereocenters. The molecule has 2 aliphatic rings. The fourth-order valence-corrected chi connectivity index (χ4v) is 3.61.